The van der Waals surface area contributed by atoms with Crippen molar-refractivity contribution in [2.24, 2.45) is 5.92 Å². The van der Waals surface area contributed by atoms with Crippen LogP contribution < -0.4 is 5.73 Å². The Morgan fingerprint density at radius 2 is 1.94 bits per heavy atom. The number of hydrogen-bond donors (Lipinski definition) is 1. The highest BCUT2D eigenvalue weighted by atomic mass is 16.5. The largest absolute Gasteiger partial charge is 0.459 e. The predicted molar refractivity (Wildman–Crippen MR) is 74.6 cm³/mol. The van der Waals surface area contributed by atoms with Crippen molar-refractivity contribution in [1.29, 1.82) is 0 Å². The third kappa shape index (κ3) is 4.40. The quantitative estimate of drug-likeness (QED) is 0.642. The average Bonchev–Trinajstić information content (AvgIpc) is 2.26. The number of anilines is 1. The number of nitrogens with two attached hydrogens (primary N) is 1. The molecule has 0 aliphatic carbocycles. The first-order chi connectivity index (χ1) is 8.40. The number of aryl methyl sites for hydroxylation is 1. The summed E-state index contributed by atoms with van der Waals surface area (Å²) in [5, 5.41) is 0. The molecule has 0 aromatic heterocycles. The molecule has 0 aliphatic rings. The van der Waals surface area contributed by atoms with E-state index in [9.17, 15) is 4.79 Å². The van der Waals surface area contributed by atoms with Gasteiger partial charge in [-0.15, -0.1) is 0 Å². The molecular weight excluding hydrogens is 226 g/mol. The van der Waals surface area contributed by atoms with Gasteiger partial charge in [0.1, 0.15) is 0 Å². The Kier molecular flexibility index (Phi) is 5.20. The third-order valence-electron chi connectivity index (χ3n) is 2.69. The normalized spacial score (nSPS) is 11.0. The van der Waals surface area contributed by atoms with Crippen LogP contribution in [0.3, 0.4) is 0 Å². The van der Waals surface area contributed by atoms with Crippen LogP contribution in [-0.2, 0) is 11.2 Å². The molecule has 0 bridgehead atoms. The number of esters is 1. The van der Waals surface area contributed by atoms with Crippen molar-refractivity contribution in [3.05, 3.63) is 29.3 Å². The Morgan fingerprint density at radius 3 is 2.50 bits per heavy atom. The lowest BCUT2D eigenvalue weighted by Crippen LogP contribution is -2.13. The number of nitrogen functional groups attached to an aromatic ring is 1. The molecule has 3 heteroatoms. The SMILES string of the molecule is CC(C)CCc1ccc(N)c(C(=O)OC(C)C)c1. The topological polar surface area (TPSA) is 52.3 Å². The lowest BCUT2D eigenvalue weighted by atomic mass is 10.0. The first-order valence-electron chi connectivity index (χ1n) is 6.49. The van der Waals surface area contributed by atoms with Gasteiger partial charge in [0.15, 0.2) is 0 Å². The van der Waals surface area contributed by atoms with E-state index < -0.39 is 0 Å². The van der Waals surface area contributed by atoms with Crippen LogP contribution in [0, 0.1) is 5.92 Å². The van der Waals surface area contributed by atoms with Crippen molar-refractivity contribution in [2.75, 3.05) is 5.73 Å². The number of hydrogen-bond acceptors (Lipinski definition) is 3. The molecule has 0 amide bonds. The van der Waals surface area contributed by atoms with E-state index in [1.54, 1.807) is 6.07 Å². The monoisotopic (exact) mass is 249 g/mol. The Bertz CT molecular complexity index is 411. The molecule has 3 nitrogen and oxygen atoms in total. The van der Waals surface area contributed by atoms with Crippen LogP contribution in [-0.4, -0.2) is 12.1 Å². The van der Waals surface area contributed by atoms with E-state index in [1.165, 1.54) is 0 Å². The maximum atomic E-state index is 11.9. The molecule has 0 heterocycles. The Hall–Kier alpha value is -1.51. The van der Waals surface area contributed by atoms with E-state index in [2.05, 4.69) is 13.8 Å². The molecule has 1 rings (SSSR count). The fourth-order valence-corrected chi connectivity index (χ4v) is 1.67. The Labute approximate surface area is 109 Å². The van der Waals surface area contributed by atoms with Gasteiger partial charge in [-0.3, -0.25) is 0 Å². The number of benzene rings is 1. The minimum atomic E-state index is -0.339. The van der Waals surface area contributed by atoms with Crippen LogP contribution in [0.4, 0.5) is 5.69 Å². The second-order valence-corrected chi connectivity index (χ2v) is 5.31. The maximum absolute atomic E-state index is 11.9. The summed E-state index contributed by atoms with van der Waals surface area (Å²) in [6.07, 6.45) is 1.93. The average molecular weight is 249 g/mol. The van der Waals surface area contributed by atoms with Crippen molar-refractivity contribution >= 4 is 11.7 Å². The van der Waals surface area contributed by atoms with Crippen LogP contribution in [0.15, 0.2) is 18.2 Å². The standard InChI is InChI=1S/C15H23NO2/c1-10(2)5-6-12-7-8-14(16)13(9-12)15(17)18-11(3)4/h7-11H,5-6,16H2,1-4H3. The van der Waals surface area contributed by atoms with Gasteiger partial charge in [-0.25, -0.2) is 4.79 Å². The van der Waals surface area contributed by atoms with E-state index in [0.717, 1.165) is 18.4 Å². The van der Waals surface area contributed by atoms with Crippen molar-refractivity contribution in [3.63, 3.8) is 0 Å². The molecule has 18 heavy (non-hydrogen) atoms. The van der Waals surface area contributed by atoms with Gasteiger partial charge in [0.05, 0.1) is 11.7 Å². The van der Waals surface area contributed by atoms with Gasteiger partial charge in [-0.05, 0) is 50.3 Å². The first-order valence-corrected chi connectivity index (χ1v) is 6.49. The smallest absolute Gasteiger partial charge is 0.340 e. The minimum absolute atomic E-state index is 0.128. The maximum Gasteiger partial charge on any atom is 0.340 e. The van der Waals surface area contributed by atoms with Gasteiger partial charge < -0.3 is 10.5 Å². The predicted octanol–water partition coefficient (Wildman–Crippen LogP) is 3.42. The van der Waals surface area contributed by atoms with E-state index in [-0.39, 0.29) is 12.1 Å². The molecule has 0 radical (unpaired) electrons. The highest BCUT2D eigenvalue weighted by Gasteiger charge is 2.13. The number of carbonyl (C=O) groups excluding carboxylic acids is 1. The van der Waals surface area contributed by atoms with Gasteiger partial charge >= 0.3 is 5.97 Å². The second kappa shape index (κ2) is 6.43. The van der Waals surface area contributed by atoms with E-state index >= 15 is 0 Å². The van der Waals surface area contributed by atoms with Gasteiger partial charge in [-0.1, -0.05) is 19.9 Å². The molecule has 0 fully saturated rings. The molecule has 0 aliphatic heterocycles. The van der Waals surface area contributed by atoms with E-state index in [4.69, 9.17) is 10.5 Å². The highest BCUT2D eigenvalue weighted by Crippen LogP contribution is 2.18. The Balaban J connectivity index is 2.84. The lowest BCUT2D eigenvalue weighted by molar-refractivity contribution is 0.0379. The number of ether oxygens (including phenoxy) is 1. The molecule has 1 aromatic rings. The van der Waals surface area contributed by atoms with Crippen molar-refractivity contribution in [1.82, 2.24) is 0 Å². The van der Waals surface area contributed by atoms with Gasteiger partial charge in [0.2, 0.25) is 0 Å². The van der Waals surface area contributed by atoms with Crippen LogP contribution in [0.2, 0.25) is 0 Å². The summed E-state index contributed by atoms with van der Waals surface area (Å²) < 4.78 is 5.18. The summed E-state index contributed by atoms with van der Waals surface area (Å²) in [6.45, 7) is 8.03. The summed E-state index contributed by atoms with van der Waals surface area (Å²) in [4.78, 5) is 11.9. The molecular formula is C15H23NO2. The van der Waals surface area contributed by atoms with Crippen LogP contribution >= 0.6 is 0 Å². The first kappa shape index (κ1) is 14.6. The second-order valence-electron chi connectivity index (χ2n) is 5.31. The zero-order chi connectivity index (χ0) is 13.7. The van der Waals surface area contributed by atoms with E-state index in [0.29, 0.717) is 17.2 Å². The Morgan fingerprint density at radius 1 is 1.28 bits per heavy atom. The fraction of sp³-hybridized carbons (Fsp3) is 0.533. The van der Waals surface area contributed by atoms with Crippen LogP contribution in [0.5, 0.6) is 0 Å². The zero-order valence-corrected chi connectivity index (χ0v) is 11.7. The van der Waals surface area contributed by atoms with E-state index in [1.807, 2.05) is 26.0 Å². The van der Waals surface area contributed by atoms with Crippen molar-refractivity contribution < 1.29 is 9.53 Å². The van der Waals surface area contributed by atoms with Crippen molar-refractivity contribution in [2.45, 2.75) is 46.6 Å². The summed E-state index contributed by atoms with van der Waals surface area (Å²) in [7, 11) is 0. The van der Waals surface area contributed by atoms with Gasteiger partial charge in [0, 0.05) is 5.69 Å². The summed E-state index contributed by atoms with van der Waals surface area (Å²) >= 11 is 0. The molecule has 2 N–H and O–H groups in total. The highest BCUT2D eigenvalue weighted by molar-refractivity contribution is 5.95. The molecule has 1 aromatic carbocycles. The lowest BCUT2D eigenvalue weighted by Gasteiger charge is -2.11. The van der Waals surface area contributed by atoms with Crippen LogP contribution in [0.25, 0.3) is 0 Å². The molecule has 0 atom stereocenters. The molecule has 0 spiro atoms. The molecule has 0 saturated heterocycles. The van der Waals surface area contributed by atoms with Gasteiger partial charge in [-0.2, -0.15) is 0 Å². The summed E-state index contributed by atoms with van der Waals surface area (Å²) in [5.74, 6) is 0.308. The number of rotatable bonds is 5. The van der Waals surface area contributed by atoms with Crippen LogP contribution in [0.1, 0.15) is 50.0 Å². The summed E-state index contributed by atoms with van der Waals surface area (Å²) in [5.41, 5.74) is 7.91. The number of carbonyl (C=O) groups is 1. The molecule has 0 saturated carbocycles. The third-order valence-corrected chi connectivity index (χ3v) is 2.69. The molecule has 100 valence electrons. The summed E-state index contributed by atoms with van der Waals surface area (Å²) in [6, 6.07) is 5.61. The van der Waals surface area contributed by atoms with Crippen molar-refractivity contribution in [3.8, 4) is 0 Å². The minimum Gasteiger partial charge on any atom is -0.459 e. The molecule has 0 unspecified atom stereocenters. The zero-order valence-electron chi connectivity index (χ0n) is 11.7. The fourth-order valence-electron chi connectivity index (χ4n) is 1.67. The van der Waals surface area contributed by atoms with Gasteiger partial charge in [0.25, 0.3) is 0 Å².